The van der Waals surface area contributed by atoms with E-state index < -0.39 is 0 Å². The largest absolute Gasteiger partial charge is 0.345 e. The zero-order chi connectivity index (χ0) is 14.1. The fourth-order valence-electron chi connectivity index (χ4n) is 2.59. The van der Waals surface area contributed by atoms with Gasteiger partial charge in [-0.25, -0.2) is 4.98 Å². The lowest BCUT2D eigenvalue weighted by Crippen LogP contribution is -2.29. The van der Waals surface area contributed by atoms with Crippen molar-refractivity contribution in [3.63, 3.8) is 0 Å². The summed E-state index contributed by atoms with van der Waals surface area (Å²) in [5, 5.41) is 4.91. The quantitative estimate of drug-likeness (QED) is 0.794. The van der Waals surface area contributed by atoms with Gasteiger partial charge in [-0.1, -0.05) is 20.8 Å². The zero-order valence-corrected chi connectivity index (χ0v) is 13.8. The lowest BCUT2D eigenvalue weighted by Gasteiger charge is -2.23. The SMILES string of the molecule is CCc1nc(N(CC(C)C)C2CC2)sc1CNC1CC1. The summed E-state index contributed by atoms with van der Waals surface area (Å²) >= 11 is 1.92. The van der Waals surface area contributed by atoms with Gasteiger partial charge in [0.15, 0.2) is 5.13 Å². The fraction of sp³-hybridized carbons (Fsp3) is 0.812. The molecule has 2 fully saturated rings. The Kier molecular flexibility index (Phi) is 4.32. The molecule has 1 aromatic rings. The summed E-state index contributed by atoms with van der Waals surface area (Å²) in [6.07, 6.45) is 6.47. The summed E-state index contributed by atoms with van der Waals surface area (Å²) in [5.41, 5.74) is 1.31. The number of hydrogen-bond acceptors (Lipinski definition) is 4. The molecule has 0 atom stereocenters. The maximum absolute atomic E-state index is 4.95. The first-order valence-electron chi connectivity index (χ1n) is 8.16. The van der Waals surface area contributed by atoms with Crippen molar-refractivity contribution in [3.8, 4) is 0 Å². The van der Waals surface area contributed by atoms with Crippen molar-refractivity contribution in [1.29, 1.82) is 0 Å². The Morgan fingerprint density at radius 3 is 2.60 bits per heavy atom. The zero-order valence-electron chi connectivity index (χ0n) is 13.0. The molecule has 2 saturated carbocycles. The van der Waals surface area contributed by atoms with E-state index in [2.05, 4.69) is 31.0 Å². The van der Waals surface area contributed by atoms with E-state index in [0.717, 1.165) is 31.6 Å². The van der Waals surface area contributed by atoms with Crippen LogP contribution in [0.25, 0.3) is 0 Å². The van der Waals surface area contributed by atoms with Crippen LogP contribution in [0.1, 0.15) is 57.0 Å². The topological polar surface area (TPSA) is 28.2 Å². The van der Waals surface area contributed by atoms with Crippen LogP contribution in [-0.2, 0) is 13.0 Å². The Balaban J connectivity index is 1.73. The van der Waals surface area contributed by atoms with Crippen LogP contribution in [0.3, 0.4) is 0 Å². The second kappa shape index (κ2) is 6.02. The van der Waals surface area contributed by atoms with E-state index in [9.17, 15) is 0 Å². The van der Waals surface area contributed by atoms with E-state index in [1.165, 1.54) is 41.4 Å². The van der Waals surface area contributed by atoms with Crippen molar-refractivity contribution in [2.75, 3.05) is 11.4 Å². The summed E-state index contributed by atoms with van der Waals surface area (Å²) in [4.78, 5) is 8.97. The molecule has 0 unspecified atom stereocenters. The molecule has 20 heavy (non-hydrogen) atoms. The van der Waals surface area contributed by atoms with Gasteiger partial charge >= 0.3 is 0 Å². The van der Waals surface area contributed by atoms with Crippen LogP contribution in [0, 0.1) is 5.92 Å². The number of thiazole rings is 1. The third kappa shape index (κ3) is 3.53. The first kappa shape index (κ1) is 14.3. The number of anilines is 1. The van der Waals surface area contributed by atoms with Crippen LogP contribution in [0.15, 0.2) is 0 Å². The highest BCUT2D eigenvalue weighted by Crippen LogP contribution is 2.36. The Labute approximate surface area is 126 Å². The molecule has 112 valence electrons. The van der Waals surface area contributed by atoms with Crippen LogP contribution >= 0.6 is 11.3 Å². The van der Waals surface area contributed by atoms with E-state index in [1.54, 1.807) is 0 Å². The smallest absolute Gasteiger partial charge is 0.186 e. The van der Waals surface area contributed by atoms with Crippen LogP contribution in [0.4, 0.5) is 5.13 Å². The second-order valence-electron chi connectivity index (χ2n) is 6.65. The Morgan fingerprint density at radius 2 is 2.05 bits per heavy atom. The first-order valence-corrected chi connectivity index (χ1v) is 8.97. The van der Waals surface area contributed by atoms with Crippen LogP contribution in [0.2, 0.25) is 0 Å². The number of aryl methyl sites for hydroxylation is 1. The monoisotopic (exact) mass is 293 g/mol. The fourth-order valence-corrected chi connectivity index (χ4v) is 3.77. The molecule has 0 amide bonds. The molecule has 1 N–H and O–H groups in total. The summed E-state index contributed by atoms with van der Waals surface area (Å²) in [6, 6.07) is 1.54. The standard InChI is InChI=1S/C16H27N3S/c1-4-14-15(9-17-12-5-6-12)20-16(18-14)19(10-11(2)3)13-7-8-13/h11-13,17H,4-10H2,1-3H3. The second-order valence-corrected chi connectivity index (χ2v) is 7.71. The van der Waals surface area contributed by atoms with Gasteiger partial charge in [-0.2, -0.15) is 0 Å². The van der Waals surface area contributed by atoms with Gasteiger partial charge in [0, 0.05) is 30.1 Å². The molecule has 0 radical (unpaired) electrons. The summed E-state index contributed by atoms with van der Waals surface area (Å²) in [5.74, 6) is 0.706. The summed E-state index contributed by atoms with van der Waals surface area (Å²) < 4.78 is 0. The van der Waals surface area contributed by atoms with Gasteiger partial charge in [0.1, 0.15) is 0 Å². The minimum absolute atomic E-state index is 0.706. The van der Waals surface area contributed by atoms with Crippen molar-refractivity contribution in [2.45, 2.75) is 71.5 Å². The van der Waals surface area contributed by atoms with E-state index in [-0.39, 0.29) is 0 Å². The Hall–Kier alpha value is -0.610. The maximum Gasteiger partial charge on any atom is 0.186 e. The molecule has 1 heterocycles. The van der Waals surface area contributed by atoms with E-state index in [1.807, 2.05) is 11.3 Å². The van der Waals surface area contributed by atoms with Gasteiger partial charge in [-0.05, 0) is 38.0 Å². The molecule has 2 aliphatic rings. The highest BCUT2D eigenvalue weighted by atomic mass is 32.1. The summed E-state index contributed by atoms with van der Waals surface area (Å²) in [7, 11) is 0. The van der Waals surface area contributed by atoms with E-state index in [4.69, 9.17) is 4.98 Å². The molecule has 0 bridgehead atoms. The molecule has 0 spiro atoms. The van der Waals surface area contributed by atoms with Crippen LogP contribution in [0.5, 0.6) is 0 Å². The van der Waals surface area contributed by atoms with Crippen molar-refractivity contribution < 1.29 is 0 Å². The predicted octanol–water partition coefficient (Wildman–Crippen LogP) is 3.58. The van der Waals surface area contributed by atoms with Gasteiger partial charge in [0.2, 0.25) is 0 Å². The Morgan fingerprint density at radius 1 is 1.30 bits per heavy atom. The number of nitrogens with zero attached hydrogens (tertiary/aromatic N) is 2. The lowest BCUT2D eigenvalue weighted by atomic mass is 10.2. The van der Waals surface area contributed by atoms with Crippen molar-refractivity contribution in [1.82, 2.24) is 10.3 Å². The minimum atomic E-state index is 0.706. The number of rotatable bonds is 8. The number of hydrogen-bond donors (Lipinski definition) is 1. The van der Waals surface area contributed by atoms with Crippen LogP contribution in [-0.4, -0.2) is 23.6 Å². The van der Waals surface area contributed by atoms with Crippen molar-refractivity contribution in [2.24, 2.45) is 5.92 Å². The highest BCUT2D eigenvalue weighted by molar-refractivity contribution is 7.15. The lowest BCUT2D eigenvalue weighted by molar-refractivity contribution is 0.606. The van der Waals surface area contributed by atoms with Crippen molar-refractivity contribution >= 4 is 16.5 Å². The molecular formula is C16H27N3S. The van der Waals surface area contributed by atoms with Gasteiger partial charge < -0.3 is 10.2 Å². The molecule has 0 saturated heterocycles. The van der Waals surface area contributed by atoms with Gasteiger partial charge in [-0.3, -0.25) is 0 Å². The molecular weight excluding hydrogens is 266 g/mol. The van der Waals surface area contributed by atoms with E-state index in [0.29, 0.717) is 5.92 Å². The van der Waals surface area contributed by atoms with Crippen molar-refractivity contribution in [3.05, 3.63) is 10.6 Å². The number of nitrogens with one attached hydrogen (secondary N) is 1. The average molecular weight is 293 g/mol. The normalized spacial score (nSPS) is 18.8. The van der Waals surface area contributed by atoms with Gasteiger partial charge in [-0.15, -0.1) is 11.3 Å². The number of aromatic nitrogens is 1. The predicted molar refractivity (Wildman–Crippen MR) is 86.6 cm³/mol. The molecule has 0 aromatic carbocycles. The molecule has 1 aromatic heterocycles. The third-order valence-electron chi connectivity index (χ3n) is 4.03. The molecule has 0 aliphatic heterocycles. The molecule has 3 rings (SSSR count). The Bertz CT molecular complexity index is 447. The molecule has 3 nitrogen and oxygen atoms in total. The summed E-state index contributed by atoms with van der Waals surface area (Å²) in [6.45, 7) is 9.00. The van der Waals surface area contributed by atoms with E-state index >= 15 is 0 Å². The molecule has 2 aliphatic carbocycles. The maximum atomic E-state index is 4.95. The first-order chi connectivity index (χ1) is 9.67. The molecule has 4 heteroatoms. The van der Waals surface area contributed by atoms with Gasteiger partial charge in [0.05, 0.1) is 5.69 Å². The minimum Gasteiger partial charge on any atom is -0.345 e. The van der Waals surface area contributed by atoms with Gasteiger partial charge in [0.25, 0.3) is 0 Å². The third-order valence-corrected chi connectivity index (χ3v) is 5.16. The average Bonchev–Trinajstić information content (AvgIpc) is 3.31. The van der Waals surface area contributed by atoms with Crippen LogP contribution < -0.4 is 10.2 Å². The highest BCUT2D eigenvalue weighted by Gasteiger charge is 2.32.